The predicted octanol–water partition coefficient (Wildman–Crippen LogP) is 1.70. The molecule has 0 unspecified atom stereocenters. The lowest BCUT2D eigenvalue weighted by Gasteiger charge is -1.89. The molecule has 1 rings (SSSR count). The number of Topliss-reactive ketones (excluding diaryl/α,β-unsaturated/α-hetero) is 1. The van der Waals surface area contributed by atoms with E-state index in [-0.39, 0.29) is 5.78 Å². The van der Waals surface area contributed by atoms with Crippen LogP contribution in [0.5, 0.6) is 0 Å². The minimum absolute atomic E-state index is 0.279. The van der Waals surface area contributed by atoms with Crippen LogP contribution in [0.3, 0.4) is 0 Å². The summed E-state index contributed by atoms with van der Waals surface area (Å²) in [6.45, 7) is 2.51. The zero-order chi connectivity index (χ0) is 8.10. The molecule has 0 aromatic carbocycles. The first-order chi connectivity index (χ1) is 5.29. The van der Waals surface area contributed by atoms with Crippen LogP contribution < -0.4 is 0 Å². The van der Waals surface area contributed by atoms with Crippen molar-refractivity contribution in [2.45, 2.75) is 32.3 Å². The fourth-order valence-electron chi connectivity index (χ4n) is 0.884. The molecule has 1 atom stereocenters. The number of ketones is 1. The topological polar surface area (TPSA) is 29.6 Å². The minimum Gasteiger partial charge on any atom is -0.369 e. The van der Waals surface area contributed by atoms with Crippen molar-refractivity contribution in [1.29, 1.82) is 0 Å². The number of unbranched alkanes of at least 4 members (excludes halogenated alkanes) is 1. The van der Waals surface area contributed by atoms with E-state index in [1.165, 1.54) is 0 Å². The zero-order valence-electron chi connectivity index (χ0n) is 6.88. The Morgan fingerprint density at radius 2 is 2.45 bits per heavy atom. The molecule has 0 N–H and O–H groups in total. The van der Waals surface area contributed by atoms with E-state index in [4.69, 9.17) is 4.74 Å². The van der Waals surface area contributed by atoms with Gasteiger partial charge >= 0.3 is 0 Å². The monoisotopic (exact) mass is 154 g/mol. The summed E-state index contributed by atoms with van der Waals surface area (Å²) in [7, 11) is 0. The largest absolute Gasteiger partial charge is 0.369 e. The Hall–Kier alpha value is -0.630. The molecule has 11 heavy (non-hydrogen) atoms. The minimum atomic E-state index is 0.279. The number of carbonyl (C=O) groups is 1. The van der Waals surface area contributed by atoms with E-state index in [0.717, 1.165) is 19.4 Å². The average Bonchev–Trinajstić information content (AvgIpc) is 2.70. The van der Waals surface area contributed by atoms with Crippen molar-refractivity contribution in [3.63, 3.8) is 0 Å². The van der Waals surface area contributed by atoms with Crippen molar-refractivity contribution < 1.29 is 9.53 Å². The number of allylic oxidation sites excluding steroid dienone is 1. The molecule has 1 heterocycles. The Balaban J connectivity index is 1.90. The predicted molar refractivity (Wildman–Crippen MR) is 43.4 cm³/mol. The summed E-state index contributed by atoms with van der Waals surface area (Å²) < 4.78 is 4.98. The van der Waals surface area contributed by atoms with Gasteiger partial charge in [-0.25, -0.2) is 0 Å². The summed E-state index contributed by atoms with van der Waals surface area (Å²) in [5, 5.41) is 0. The van der Waals surface area contributed by atoms with Gasteiger partial charge in [0.15, 0.2) is 0 Å². The van der Waals surface area contributed by atoms with E-state index in [1.807, 2.05) is 0 Å². The van der Waals surface area contributed by atoms with Crippen LogP contribution in [0.4, 0.5) is 0 Å². The van der Waals surface area contributed by atoms with Crippen molar-refractivity contribution in [1.82, 2.24) is 0 Å². The molecule has 62 valence electrons. The van der Waals surface area contributed by atoms with Crippen LogP contribution in [0.2, 0.25) is 0 Å². The number of carbonyl (C=O) groups excluding carboxylic acids is 1. The van der Waals surface area contributed by atoms with Crippen molar-refractivity contribution in [2.75, 3.05) is 6.61 Å². The van der Waals surface area contributed by atoms with E-state index in [9.17, 15) is 4.79 Å². The van der Waals surface area contributed by atoms with Crippen LogP contribution in [0.15, 0.2) is 12.2 Å². The standard InChI is InChI=1S/C9H14O2/c1-8(10)5-3-2-4-6-9-7-11-9/h4,6,9H,2-3,5,7H2,1H3/b6-4+/t9-/m0/s1. The normalized spacial score (nSPS) is 22.5. The highest BCUT2D eigenvalue weighted by molar-refractivity contribution is 5.75. The van der Waals surface area contributed by atoms with Gasteiger partial charge < -0.3 is 9.53 Å². The molecule has 0 saturated carbocycles. The second kappa shape index (κ2) is 4.29. The van der Waals surface area contributed by atoms with Crippen molar-refractivity contribution in [3.8, 4) is 0 Å². The van der Waals surface area contributed by atoms with E-state index in [2.05, 4.69) is 12.2 Å². The third kappa shape index (κ3) is 4.73. The lowest BCUT2D eigenvalue weighted by atomic mass is 10.2. The van der Waals surface area contributed by atoms with Gasteiger partial charge in [-0.05, 0) is 19.8 Å². The Kier molecular flexibility index (Phi) is 3.30. The first kappa shape index (κ1) is 8.47. The van der Waals surface area contributed by atoms with Crippen LogP contribution in [0.25, 0.3) is 0 Å². The molecule has 0 bridgehead atoms. The van der Waals surface area contributed by atoms with Gasteiger partial charge in [0.05, 0.1) is 12.7 Å². The molecular formula is C9H14O2. The Morgan fingerprint density at radius 1 is 1.73 bits per heavy atom. The second-order valence-corrected chi connectivity index (χ2v) is 2.89. The molecule has 2 nitrogen and oxygen atoms in total. The zero-order valence-corrected chi connectivity index (χ0v) is 6.88. The van der Waals surface area contributed by atoms with Gasteiger partial charge in [-0.1, -0.05) is 12.2 Å². The quantitative estimate of drug-likeness (QED) is 0.342. The second-order valence-electron chi connectivity index (χ2n) is 2.89. The van der Waals surface area contributed by atoms with E-state index in [1.54, 1.807) is 6.92 Å². The summed E-state index contributed by atoms with van der Waals surface area (Å²) in [5.74, 6) is 0.279. The highest BCUT2D eigenvalue weighted by atomic mass is 16.6. The van der Waals surface area contributed by atoms with Gasteiger partial charge in [0.2, 0.25) is 0 Å². The third-order valence-electron chi connectivity index (χ3n) is 1.61. The molecule has 0 radical (unpaired) electrons. The lowest BCUT2D eigenvalue weighted by molar-refractivity contribution is -0.117. The van der Waals surface area contributed by atoms with Gasteiger partial charge in [0, 0.05) is 6.42 Å². The summed E-state index contributed by atoms with van der Waals surface area (Å²) in [6, 6.07) is 0. The van der Waals surface area contributed by atoms with Gasteiger partial charge in [-0.3, -0.25) is 0 Å². The first-order valence-corrected chi connectivity index (χ1v) is 4.07. The maximum atomic E-state index is 10.5. The van der Waals surface area contributed by atoms with E-state index >= 15 is 0 Å². The van der Waals surface area contributed by atoms with E-state index in [0.29, 0.717) is 12.5 Å². The maximum Gasteiger partial charge on any atom is 0.129 e. The van der Waals surface area contributed by atoms with Gasteiger partial charge in [-0.15, -0.1) is 0 Å². The highest BCUT2D eigenvalue weighted by Crippen LogP contribution is 2.10. The van der Waals surface area contributed by atoms with Gasteiger partial charge in [0.1, 0.15) is 5.78 Å². The van der Waals surface area contributed by atoms with Crippen LogP contribution in [0.1, 0.15) is 26.2 Å². The lowest BCUT2D eigenvalue weighted by Crippen LogP contribution is -1.87. The molecule has 0 spiro atoms. The van der Waals surface area contributed by atoms with Crippen molar-refractivity contribution in [2.24, 2.45) is 0 Å². The Labute approximate surface area is 67.2 Å². The SMILES string of the molecule is CC(=O)CCC/C=C/[C@H]1CO1. The molecule has 1 aliphatic rings. The number of ether oxygens (including phenoxy) is 1. The smallest absolute Gasteiger partial charge is 0.129 e. The fourth-order valence-corrected chi connectivity index (χ4v) is 0.884. The van der Waals surface area contributed by atoms with Gasteiger partial charge in [-0.2, -0.15) is 0 Å². The summed E-state index contributed by atoms with van der Waals surface area (Å²) in [5.41, 5.74) is 0. The van der Waals surface area contributed by atoms with Crippen molar-refractivity contribution in [3.05, 3.63) is 12.2 Å². The molecule has 2 heteroatoms. The van der Waals surface area contributed by atoms with Crippen LogP contribution in [-0.4, -0.2) is 18.5 Å². The molecule has 1 fully saturated rings. The summed E-state index contributed by atoms with van der Waals surface area (Å²) in [6.07, 6.45) is 7.22. The van der Waals surface area contributed by atoms with Crippen LogP contribution >= 0.6 is 0 Å². The van der Waals surface area contributed by atoms with Crippen LogP contribution in [0, 0.1) is 0 Å². The molecule has 1 aliphatic heterocycles. The number of hydrogen-bond acceptors (Lipinski definition) is 2. The molecule has 0 aromatic heterocycles. The highest BCUT2D eigenvalue weighted by Gasteiger charge is 2.17. The number of epoxide rings is 1. The van der Waals surface area contributed by atoms with Crippen molar-refractivity contribution >= 4 is 5.78 Å². The molecule has 0 amide bonds. The summed E-state index contributed by atoms with van der Waals surface area (Å²) in [4.78, 5) is 10.5. The molecule has 0 aliphatic carbocycles. The Morgan fingerprint density at radius 3 is 3.00 bits per heavy atom. The summed E-state index contributed by atoms with van der Waals surface area (Å²) >= 11 is 0. The maximum absolute atomic E-state index is 10.5. The molecular weight excluding hydrogens is 140 g/mol. The van der Waals surface area contributed by atoms with Gasteiger partial charge in [0.25, 0.3) is 0 Å². The average molecular weight is 154 g/mol. The fraction of sp³-hybridized carbons (Fsp3) is 0.667. The van der Waals surface area contributed by atoms with Crippen LogP contribution in [-0.2, 0) is 9.53 Å². The third-order valence-corrected chi connectivity index (χ3v) is 1.61. The van der Waals surface area contributed by atoms with E-state index < -0.39 is 0 Å². The number of hydrogen-bond donors (Lipinski definition) is 0. The molecule has 0 aromatic rings. The molecule has 1 saturated heterocycles. The Bertz CT molecular complexity index is 157. The number of rotatable bonds is 5. The first-order valence-electron chi connectivity index (χ1n) is 4.07.